The maximum atomic E-state index is 13.7. The quantitative estimate of drug-likeness (QED) is 0.210. The molecule has 3 aromatic rings. The van der Waals surface area contributed by atoms with Crippen LogP contribution in [-0.4, -0.2) is 34.0 Å². The Labute approximate surface area is 230 Å². The summed E-state index contributed by atoms with van der Waals surface area (Å²) < 4.78 is 0. The minimum atomic E-state index is -0.613. The lowest BCUT2D eigenvalue weighted by molar-refractivity contribution is -0.142. The lowest BCUT2D eigenvalue weighted by Crippen LogP contribution is -2.54. The molecule has 3 aromatic carbocycles. The molecular formula is C31H37ClN2O2S. The van der Waals surface area contributed by atoms with Crippen LogP contribution in [0.3, 0.4) is 0 Å². The highest BCUT2D eigenvalue weighted by atomic mass is 35.5. The summed E-state index contributed by atoms with van der Waals surface area (Å²) >= 11 is 7.69. The second-order valence-electron chi connectivity index (χ2n) is 10.3. The lowest BCUT2D eigenvalue weighted by Gasteiger charge is -2.34. The minimum absolute atomic E-state index is 0.00931. The molecule has 0 saturated heterocycles. The van der Waals surface area contributed by atoms with Crippen molar-refractivity contribution in [1.82, 2.24) is 10.2 Å². The summed E-state index contributed by atoms with van der Waals surface area (Å²) in [4.78, 5) is 30.2. The number of nitrogens with one attached hydrogen (secondary N) is 1. The molecule has 2 amide bonds. The van der Waals surface area contributed by atoms with Crippen molar-refractivity contribution >= 4 is 35.2 Å². The highest BCUT2D eigenvalue weighted by Gasteiger charge is 2.32. The average molecular weight is 537 g/mol. The number of benzene rings is 3. The summed E-state index contributed by atoms with van der Waals surface area (Å²) in [6.45, 7) is 8.33. The van der Waals surface area contributed by atoms with Crippen molar-refractivity contribution in [2.24, 2.45) is 0 Å². The maximum absolute atomic E-state index is 13.7. The van der Waals surface area contributed by atoms with E-state index < -0.39 is 11.6 Å². The molecule has 0 heterocycles. The van der Waals surface area contributed by atoms with E-state index in [1.807, 2.05) is 107 Å². The molecule has 3 rings (SSSR count). The van der Waals surface area contributed by atoms with Crippen LogP contribution in [0, 0.1) is 6.92 Å². The van der Waals surface area contributed by atoms with E-state index in [0.29, 0.717) is 24.4 Å². The molecular weight excluding hydrogens is 500 g/mol. The Hall–Kier alpha value is -2.76. The Morgan fingerprint density at radius 2 is 1.59 bits per heavy atom. The van der Waals surface area contributed by atoms with Gasteiger partial charge in [0.15, 0.2) is 0 Å². The Kier molecular flexibility index (Phi) is 10.7. The molecule has 1 N–H and O–H groups in total. The van der Waals surface area contributed by atoms with Crippen LogP contribution in [-0.2, 0) is 22.6 Å². The third kappa shape index (κ3) is 9.56. The summed E-state index contributed by atoms with van der Waals surface area (Å²) in [5.74, 6) is 0.669. The maximum Gasteiger partial charge on any atom is 0.243 e. The largest absolute Gasteiger partial charge is 0.350 e. The number of aryl methyl sites for hydroxylation is 1. The summed E-state index contributed by atoms with van der Waals surface area (Å²) in [5.41, 5.74) is 2.78. The standard InChI is InChI=1S/C31H37ClN2O2S/c1-23-11-8-9-14-25(23)22-34(29(35)15-10-20-37-27-18-16-26(32)17-19-27)28(30(36)33-31(2,3)4)21-24-12-6-5-7-13-24/h5-9,11-14,16-19,28H,10,15,20-22H2,1-4H3,(H,33,36)/t28-/m1/s1. The van der Waals surface area contributed by atoms with Gasteiger partial charge in [0.2, 0.25) is 11.8 Å². The number of carbonyl (C=O) groups excluding carboxylic acids is 2. The van der Waals surface area contributed by atoms with E-state index in [4.69, 9.17) is 11.6 Å². The Morgan fingerprint density at radius 3 is 2.24 bits per heavy atom. The van der Waals surface area contributed by atoms with E-state index >= 15 is 0 Å². The highest BCUT2D eigenvalue weighted by Crippen LogP contribution is 2.23. The number of thioether (sulfide) groups is 1. The first-order chi connectivity index (χ1) is 17.6. The number of amides is 2. The van der Waals surface area contributed by atoms with Crippen LogP contribution in [0.25, 0.3) is 0 Å². The molecule has 4 nitrogen and oxygen atoms in total. The van der Waals surface area contributed by atoms with Gasteiger partial charge in [0.05, 0.1) is 0 Å². The van der Waals surface area contributed by atoms with Gasteiger partial charge in [0.1, 0.15) is 6.04 Å². The van der Waals surface area contributed by atoms with Crippen LogP contribution in [0.15, 0.2) is 83.8 Å². The fourth-order valence-electron chi connectivity index (χ4n) is 4.07. The summed E-state index contributed by atoms with van der Waals surface area (Å²) in [5, 5.41) is 3.83. The normalized spacial score (nSPS) is 12.1. The number of hydrogen-bond acceptors (Lipinski definition) is 3. The van der Waals surface area contributed by atoms with Crippen molar-refractivity contribution in [3.05, 3.63) is 101 Å². The highest BCUT2D eigenvalue weighted by molar-refractivity contribution is 7.99. The van der Waals surface area contributed by atoms with Gasteiger partial charge >= 0.3 is 0 Å². The zero-order valence-corrected chi connectivity index (χ0v) is 23.7. The summed E-state index contributed by atoms with van der Waals surface area (Å²) in [6.07, 6.45) is 1.55. The van der Waals surface area contributed by atoms with Crippen LogP contribution < -0.4 is 5.32 Å². The van der Waals surface area contributed by atoms with Crippen LogP contribution in [0.1, 0.15) is 50.3 Å². The molecule has 0 spiro atoms. The smallest absolute Gasteiger partial charge is 0.243 e. The molecule has 0 bridgehead atoms. The second kappa shape index (κ2) is 13.7. The third-order valence-corrected chi connectivity index (χ3v) is 7.34. The van der Waals surface area contributed by atoms with Crippen LogP contribution in [0.2, 0.25) is 5.02 Å². The van der Waals surface area contributed by atoms with Crippen LogP contribution in [0.5, 0.6) is 0 Å². The van der Waals surface area contributed by atoms with E-state index in [1.54, 1.807) is 16.7 Å². The van der Waals surface area contributed by atoms with Crippen molar-refractivity contribution in [2.75, 3.05) is 5.75 Å². The van der Waals surface area contributed by atoms with Gasteiger partial charge in [-0.2, -0.15) is 0 Å². The summed E-state index contributed by atoms with van der Waals surface area (Å²) in [6, 6.07) is 25.1. The SMILES string of the molecule is Cc1ccccc1CN(C(=O)CCCSc1ccc(Cl)cc1)[C@H](Cc1ccccc1)C(=O)NC(C)(C)C. The van der Waals surface area contributed by atoms with E-state index in [0.717, 1.165) is 33.8 Å². The number of halogens is 1. The van der Waals surface area contributed by atoms with Gasteiger partial charge in [-0.25, -0.2) is 0 Å². The average Bonchev–Trinajstić information content (AvgIpc) is 2.85. The van der Waals surface area contributed by atoms with E-state index in [-0.39, 0.29) is 11.8 Å². The zero-order valence-electron chi connectivity index (χ0n) is 22.2. The Morgan fingerprint density at radius 1 is 0.946 bits per heavy atom. The van der Waals surface area contributed by atoms with Gasteiger partial charge in [-0.1, -0.05) is 66.2 Å². The van der Waals surface area contributed by atoms with Crippen molar-refractivity contribution in [3.8, 4) is 0 Å². The van der Waals surface area contributed by atoms with Crippen molar-refractivity contribution in [2.45, 2.75) is 70.0 Å². The van der Waals surface area contributed by atoms with Gasteiger partial charge in [0.25, 0.3) is 0 Å². The predicted molar refractivity (Wildman–Crippen MR) is 155 cm³/mol. The number of hydrogen-bond donors (Lipinski definition) is 1. The number of carbonyl (C=O) groups is 2. The molecule has 0 radical (unpaired) electrons. The van der Waals surface area contributed by atoms with Crippen LogP contribution in [0.4, 0.5) is 0 Å². The number of rotatable bonds is 11. The van der Waals surface area contributed by atoms with E-state index in [1.165, 1.54) is 0 Å². The molecule has 0 aliphatic carbocycles. The van der Waals surface area contributed by atoms with Crippen molar-refractivity contribution < 1.29 is 9.59 Å². The monoisotopic (exact) mass is 536 g/mol. The fourth-order valence-corrected chi connectivity index (χ4v) is 5.04. The topological polar surface area (TPSA) is 49.4 Å². The number of nitrogens with zero attached hydrogens (tertiary/aromatic N) is 1. The van der Waals surface area contributed by atoms with Gasteiger partial charge in [0, 0.05) is 34.8 Å². The van der Waals surface area contributed by atoms with Crippen LogP contribution >= 0.6 is 23.4 Å². The lowest BCUT2D eigenvalue weighted by atomic mass is 9.99. The summed E-state index contributed by atoms with van der Waals surface area (Å²) in [7, 11) is 0. The fraction of sp³-hybridized carbons (Fsp3) is 0.355. The van der Waals surface area contributed by atoms with E-state index in [2.05, 4.69) is 5.32 Å². The van der Waals surface area contributed by atoms with Gasteiger partial charge < -0.3 is 10.2 Å². The van der Waals surface area contributed by atoms with E-state index in [9.17, 15) is 9.59 Å². The zero-order chi connectivity index (χ0) is 26.8. The molecule has 0 aromatic heterocycles. The first kappa shape index (κ1) is 28.8. The Balaban J connectivity index is 1.81. The van der Waals surface area contributed by atoms with Gasteiger partial charge in [-0.15, -0.1) is 11.8 Å². The molecule has 0 fully saturated rings. The van der Waals surface area contributed by atoms with Gasteiger partial charge in [-0.3, -0.25) is 9.59 Å². The molecule has 0 aliphatic heterocycles. The first-order valence-corrected chi connectivity index (χ1v) is 14.1. The predicted octanol–water partition coefficient (Wildman–Crippen LogP) is 7.08. The molecule has 1 atom stereocenters. The first-order valence-electron chi connectivity index (χ1n) is 12.7. The molecule has 0 aliphatic rings. The minimum Gasteiger partial charge on any atom is -0.350 e. The molecule has 0 unspecified atom stereocenters. The molecule has 6 heteroatoms. The Bertz CT molecular complexity index is 1160. The van der Waals surface area contributed by atoms with Crippen molar-refractivity contribution in [3.63, 3.8) is 0 Å². The second-order valence-corrected chi connectivity index (χ2v) is 11.9. The molecule has 0 saturated carbocycles. The molecule has 37 heavy (non-hydrogen) atoms. The van der Waals surface area contributed by atoms with Gasteiger partial charge in [-0.05, 0) is 80.8 Å². The van der Waals surface area contributed by atoms with Crippen molar-refractivity contribution in [1.29, 1.82) is 0 Å². The third-order valence-electron chi connectivity index (χ3n) is 5.99. The molecule has 196 valence electrons.